The molecule has 0 atom stereocenters. The molecule has 30 heavy (non-hydrogen) atoms. The van der Waals surface area contributed by atoms with Crippen molar-refractivity contribution in [1.82, 2.24) is 20.5 Å². The molecule has 1 aromatic carbocycles. The number of piperidine rings is 1. The summed E-state index contributed by atoms with van der Waals surface area (Å²) in [7, 11) is 0. The van der Waals surface area contributed by atoms with Crippen molar-refractivity contribution >= 4 is 29.9 Å². The maximum absolute atomic E-state index is 5.73. The van der Waals surface area contributed by atoms with Crippen molar-refractivity contribution in [3.05, 3.63) is 52.7 Å². The van der Waals surface area contributed by atoms with Crippen LogP contribution < -0.4 is 10.6 Å². The second-order valence-corrected chi connectivity index (χ2v) is 7.97. The summed E-state index contributed by atoms with van der Waals surface area (Å²) in [6, 6.07) is 8.43. The van der Waals surface area contributed by atoms with Crippen LogP contribution in [0.2, 0.25) is 0 Å². The fraction of sp³-hybridized carbons (Fsp3) is 0.565. The van der Waals surface area contributed by atoms with Gasteiger partial charge < -0.3 is 15.1 Å². The Hall–Kier alpha value is -1.61. The van der Waals surface area contributed by atoms with E-state index in [1.54, 1.807) is 0 Å². The molecule has 0 amide bonds. The summed E-state index contributed by atoms with van der Waals surface area (Å²) in [4.78, 5) is 11.7. The van der Waals surface area contributed by atoms with Crippen molar-refractivity contribution in [1.29, 1.82) is 0 Å². The molecule has 1 saturated heterocycles. The molecule has 0 radical (unpaired) electrons. The lowest BCUT2D eigenvalue weighted by Gasteiger charge is -2.31. The molecule has 166 valence electrons. The summed E-state index contributed by atoms with van der Waals surface area (Å²) >= 11 is 0. The van der Waals surface area contributed by atoms with E-state index in [1.807, 2.05) is 13.8 Å². The van der Waals surface area contributed by atoms with E-state index in [0.717, 1.165) is 56.0 Å². The van der Waals surface area contributed by atoms with E-state index < -0.39 is 0 Å². The Labute approximate surface area is 198 Å². The number of aliphatic imine (C=N–C) groups is 1. The van der Waals surface area contributed by atoms with Crippen molar-refractivity contribution < 1.29 is 4.42 Å². The molecular weight excluding hydrogens is 489 g/mol. The van der Waals surface area contributed by atoms with Crippen LogP contribution in [0.15, 0.2) is 33.7 Å². The quantitative estimate of drug-likeness (QED) is 0.323. The molecule has 0 bridgehead atoms. The maximum atomic E-state index is 5.73. The molecule has 2 heterocycles. The van der Waals surface area contributed by atoms with Gasteiger partial charge in [0.1, 0.15) is 5.76 Å². The zero-order valence-electron chi connectivity index (χ0n) is 18.7. The average molecular weight is 525 g/mol. The van der Waals surface area contributed by atoms with Gasteiger partial charge in [0.15, 0.2) is 5.96 Å². The topological polar surface area (TPSA) is 65.7 Å². The average Bonchev–Trinajstić information content (AvgIpc) is 3.03. The Morgan fingerprint density at radius 1 is 1.17 bits per heavy atom. The summed E-state index contributed by atoms with van der Waals surface area (Å²) in [6.07, 6.45) is 2.37. The van der Waals surface area contributed by atoms with Crippen LogP contribution in [-0.4, -0.2) is 42.0 Å². The highest BCUT2D eigenvalue weighted by molar-refractivity contribution is 14.0. The first-order chi connectivity index (χ1) is 14.0. The third kappa shape index (κ3) is 7.27. The van der Waals surface area contributed by atoms with Gasteiger partial charge in [-0.15, -0.1) is 24.0 Å². The molecule has 2 aromatic rings. The van der Waals surface area contributed by atoms with Crippen LogP contribution in [0.25, 0.3) is 0 Å². The van der Waals surface area contributed by atoms with Crippen LogP contribution in [0.5, 0.6) is 0 Å². The van der Waals surface area contributed by atoms with Gasteiger partial charge in [0, 0.05) is 13.1 Å². The highest BCUT2D eigenvalue weighted by Gasteiger charge is 2.21. The van der Waals surface area contributed by atoms with Gasteiger partial charge in [-0.25, -0.2) is 9.98 Å². The Kier molecular flexibility index (Phi) is 10.1. The summed E-state index contributed by atoms with van der Waals surface area (Å²) in [5.74, 6) is 3.35. The number of halogens is 1. The summed E-state index contributed by atoms with van der Waals surface area (Å²) in [6.45, 7) is 13.8. The van der Waals surface area contributed by atoms with Crippen LogP contribution in [0.3, 0.4) is 0 Å². The molecule has 1 aliphatic heterocycles. The van der Waals surface area contributed by atoms with Crippen molar-refractivity contribution in [2.45, 2.75) is 53.6 Å². The van der Waals surface area contributed by atoms with Crippen molar-refractivity contribution in [3.63, 3.8) is 0 Å². The van der Waals surface area contributed by atoms with E-state index >= 15 is 0 Å². The number of nitrogens with one attached hydrogen (secondary N) is 2. The van der Waals surface area contributed by atoms with Gasteiger partial charge in [-0.2, -0.15) is 0 Å². The summed E-state index contributed by atoms with van der Waals surface area (Å²) in [5.41, 5.74) is 3.56. The normalized spacial score (nSPS) is 15.7. The molecule has 3 rings (SSSR count). The smallest absolute Gasteiger partial charge is 0.208 e. The highest BCUT2D eigenvalue weighted by atomic mass is 127. The van der Waals surface area contributed by atoms with Gasteiger partial charge in [0.2, 0.25) is 5.89 Å². The number of oxazole rings is 1. The molecule has 1 aliphatic rings. The largest absolute Gasteiger partial charge is 0.444 e. The lowest BCUT2D eigenvalue weighted by Crippen LogP contribution is -2.42. The minimum Gasteiger partial charge on any atom is -0.444 e. The van der Waals surface area contributed by atoms with Gasteiger partial charge in [0.25, 0.3) is 0 Å². The zero-order chi connectivity index (χ0) is 20.6. The number of guanidine groups is 1. The molecule has 0 spiro atoms. The molecule has 6 nitrogen and oxygen atoms in total. The minimum absolute atomic E-state index is 0. The van der Waals surface area contributed by atoms with Crippen molar-refractivity contribution in [2.75, 3.05) is 26.2 Å². The Morgan fingerprint density at radius 3 is 2.53 bits per heavy atom. The first-order valence-electron chi connectivity index (χ1n) is 10.8. The lowest BCUT2D eigenvalue weighted by atomic mass is 9.97. The predicted octanol–water partition coefficient (Wildman–Crippen LogP) is 4.19. The zero-order valence-corrected chi connectivity index (χ0v) is 21.0. The van der Waals surface area contributed by atoms with E-state index in [4.69, 9.17) is 9.41 Å². The molecule has 0 unspecified atom stereocenters. The molecule has 2 N–H and O–H groups in total. The number of likely N-dealkylation sites (tertiary alicyclic amines) is 1. The van der Waals surface area contributed by atoms with E-state index in [2.05, 4.69) is 58.6 Å². The first-order valence-corrected chi connectivity index (χ1v) is 10.8. The second-order valence-electron chi connectivity index (χ2n) is 7.97. The number of benzene rings is 1. The summed E-state index contributed by atoms with van der Waals surface area (Å²) in [5, 5.41) is 6.91. The van der Waals surface area contributed by atoms with Gasteiger partial charge >= 0.3 is 0 Å². The third-order valence-electron chi connectivity index (χ3n) is 5.71. The monoisotopic (exact) mass is 525 g/mol. The van der Waals surface area contributed by atoms with Crippen molar-refractivity contribution in [3.8, 4) is 0 Å². The standard InChI is InChI=1S/C23H35N5O.HI/c1-5-24-23(26-15-21-9-7-6-8-17(21)2)25-14-20-10-12-28(13-11-20)16-22-27-18(3)19(4)29-22;/h6-9,20H,5,10-16H2,1-4H3,(H2,24,25,26);1H. The number of aromatic nitrogens is 1. The van der Waals surface area contributed by atoms with E-state index in [-0.39, 0.29) is 24.0 Å². The lowest BCUT2D eigenvalue weighted by molar-refractivity contribution is 0.164. The van der Waals surface area contributed by atoms with Crippen LogP contribution in [0.4, 0.5) is 0 Å². The highest BCUT2D eigenvalue weighted by Crippen LogP contribution is 2.19. The number of hydrogen-bond donors (Lipinski definition) is 2. The van der Waals surface area contributed by atoms with Crippen molar-refractivity contribution in [2.24, 2.45) is 10.9 Å². The van der Waals surface area contributed by atoms with Crippen LogP contribution in [-0.2, 0) is 13.1 Å². The molecular formula is C23H36IN5O. The maximum Gasteiger partial charge on any atom is 0.208 e. The molecule has 1 aromatic heterocycles. The second kappa shape index (κ2) is 12.3. The number of rotatable bonds is 7. The summed E-state index contributed by atoms with van der Waals surface area (Å²) < 4.78 is 5.73. The van der Waals surface area contributed by atoms with Gasteiger partial charge in [-0.1, -0.05) is 24.3 Å². The van der Waals surface area contributed by atoms with Gasteiger partial charge in [0.05, 0.1) is 18.8 Å². The van der Waals surface area contributed by atoms with Crippen LogP contribution >= 0.6 is 24.0 Å². The Bertz CT molecular complexity index is 792. The first kappa shape index (κ1) is 24.7. The third-order valence-corrected chi connectivity index (χ3v) is 5.71. The molecule has 0 aliphatic carbocycles. The van der Waals surface area contributed by atoms with E-state index in [0.29, 0.717) is 12.5 Å². The SMILES string of the molecule is CCNC(=NCc1ccccc1C)NCC1CCN(Cc2nc(C)c(C)o2)CC1.I. The number of aryl methyl sites for hydroxylation is 3. The van der Waals surface area contributed by atoms with E-state index in [1.165, 1.54) is 24.0 Å². The van der Waals surface area contributed by atoms with Crippen LogP contribution in [0.1, 0.15) is 48.2 Å². The number of hydrogen-bond acceptors (Lipinski definition) is 4. The van der Waals surface area contributed by atoms with Gasteiger partial charge in [-0.05, 0) is 70.7 Å². The fourth-order valence-corrected chi connectivity index (χ4v) is 3.68. The molecule has 7 heteroatoms. The Morgan fingerprint density at radius 2 is 1.90 bits per heavy atom. The molecule has 0 saturated carbocycles. The minimum atomic E-state index is 0. The van der Waals surface area contributed by atoms with Gasteiger partial charge in [-0.3, -0.25) is 4.90 Å². The Balaban J connectivity index is 0.00000320. The van der Waals surface area contributed by atoms with E-state index in [9.17, 15) is 0 Å². The predicted molar refractivity (Wildman–Crippen MR) is 133 cm³/mol. The fourth-order valence-electron chi connectivity index (χ4n) is 3.68. The molecule has 1 fully saturated rings. The van der Waals surface area contributed by atoms with Crippen LogP contribution in [0, 0.1) is 26.7 Å². The number of nitrogens with zero attached hydrogens (tertiary/aromatic N) is 3.